The summed E-state index contributed by atoms with van der Waals surface area (Å²) in [6.45, 7) is 8.42. The molecule has 0 amide bonds. The van der Waals surface area contributed by atoms with E-state index in [1.165, 1.54) is 0 Å². The molecule has 0 bridgehead atoms. The molecule has 0 radical (unpaired) electrons. The molecule has 0 fully saturated rings. The molecule has 0 saturated heterocycles. The topological polar surface area (TPSA) is 67.8 Å². The number of nitrogens with one attached hydrogen (secondary N) is 1. The molecule has 2 N–H and O–H groups in total. The molecule has 0 aliphatic carbocycles. The molecule has 0 aliphatic rings. The molecule has 6 heteroatoms. The second kappa shape index (κ2) is 9.90. The van der Waals surface area contributed by atoms with E-state index >= 15 is 0 Å². The summed E-state index contributed by atoms with van der Waals surface area (Å²) in [4.78, 5) is 11.1. The maximum absolute atomic E-state index is 11.1. The lowest BCUT2D eigenvalue weighted by atomic mass is 9.90. The van der Waals surface area contributed by atoms with Crippen LogP contribution in [0, 0.1) is 5.41 Å². The molecular weight excluding hydrogens is 362 g/mol. The molecule has 0 spiro atoms. The molecule has 1 aromatic carbocycles. The van der Waals surface area contributed by atoms with Crippen molar-refractivity contribution in [2.75, 3.05) is 26.4 Å². The van der Waals surface area contributed by atoms with Crippen LogP contribution < -0.4 is 10.1 Å². The van der Waals surface area contributed by atoms with Crippen molar-refractivity contribution >= 4 is 21.9 Å². The van der Waals surface area contributed by atoms with E-state index < -0.39 is 11.4 Å². The number of carbonyl (C=O) groups is 1. The Hall–Kier alpha value is -1.11. The lowest BCUT2D eigenvalue weighted by Crippen LogP contribution is -2.28. The molecule has 0 heterocycles. The number of halogens is 1. The molecule has 0 unspecified atom stereocenters. The van der Waals surface area contributed by atoms with Gasteiger partial charge in [-0.05, 0) is 51.9 Å². The van der Waals surface area contributed by atoms with E-state index in [9.17, 15) is 4.79 Å². The maximum atomic E-state index is 11.1. The van der Waals surface area contributed by atoms with Crippen molar-refractivity contribution in [2.45, 2.75) is 33.7 Å². The monoisotopic (exact) mass is 387 g/mol. The smallest absolute Gasteiger partial charge is 0.309 e. The Kier molecular flexibility index (Phi) is 8.58. The summed E-state index contributed by atoms with van der Waals surface area (Å²) < 4.78 is 12.0. The van der Waals surface area contributed by atoms with Gasteiger partial charge in [-0.25, -0.2) is 0 Å². The van der Waals surface area contributed by atoms with Gasteiger partial charge in [-0.3, -0.25) is 4.79 Å². The van der Waals surface area contributed by atoms with Gasteiger partial charge < -0.3 is 19.9 Å². The van der Waals surface area contributed by atoms with Crippen LogP contribution >= 0.6 is 15.9 Å². The minimum Gasteiger partial charge on any atom is -0.491 e. The molecule has 130 valence electrons. The van der Waals surface area contributed by atoms with Crippen LogP contribution in [-0.4, -0.2) is 37.4 Å². The third-order valence-electron chi connectivity index (χ3n) is 3.53. The Morgan fingerprint density at radius 2 is 2.09 bits per heavy atom. The predicted octanol–water partition coefficient (Wildman–Crippen LogP) is 3.45. The van der Waals surface area contributed by atoms with E-state index in [1.807, 2.05) is 25.1 Å². The van der Waals surface area contributed by atoms with E-state index in [-0.39, 0.29) is 0 Å². The Morgan fingerprint density at radius 1 is 1.35 bits per heavy atom. The van der Waals surface area contributed by atoms with Crippen molar-refractivity contribution in [2.24, 2.45) is 5.41 Å². The summed E-state index contributed by atoms with van der Waals surface area (Å²) in [5, 5.41) is 12.4. The van der Waals surface area contributed by atoms with Gasteiger partial charge in [0, 0.05) is 23.2 Å². The number of hydrogen-bond donors (Lipinski definition) is 2. The maximum Gasteiger partial charge on any atom is 0.309 e. The van der Waals surface area contributed by atoms with Crippen molar-refractivity contribution < 1.29 is 19.4 Å². The Bertz CT molecular complexity index is 505. The Labute approximate surface area is 146 Å². The highest BCUT2D eigenvalue weighted by Crippen LogP contribution is 2.24. The van der Waals surface area contributed by atoms with E-state index in [2.05, 4.69) is 21.2 Å². The molecule has 23 heavy (non-hydrogen) atoms. The van der Waals surface area contributed by atoms with Crippen LogP contribution in [0.1, 0.15) is 32.8 Å². The first kappa shape index (κ1) is 19.9. The lowest BCUT2D eigenvalue weighted by Gasteiger charge is -2.19. The van der Waals surface area contributed by atoms with E-state index in [0.29, 0.717) is 39.3 Å². The van der Waals surface area contributed by atoms with Crippen LogP contribution in [0.15, 0.2) is 22.7 Å². The molecular formula is C17H26BrNO4. The minimum atomic E-state index is -0.776. The van der Waals surface area contributed by atoms with Gasteiger partial charge in [-0.15, -0.1) is 0 Å². The average Bonchev–Trinajstić information content (AvgIpc) is 2.49. The highest BCUT2D eigenvalue weighted by molar-refractivity contribution is 9.10. The number of rotatable bonds is 11. The molecule has 0 aliphatic heterocycles. The minimum absolute atomic E-state index is 0.508. The van der Waals surface area contributed by atoms with E-state index in [1.54, 1.807) is 13.8 Å². The largest absolute Gasteiger partial charge is 0.491 e. The van der Waals surface area contributed by atoms with Crippen LogP contribution in [0.2, 0.25) is 0 Å². The fourth-order valence-corrected chi connectivity index (χ4v) is 2.32. The van der Waals surface area contributed by atoms with Crippen molar-refractivity contribution in [1.29, 1.82) is 0 Å². The van der Waals surface area contributed by atoms with Gasteiger partial charge in [0.25, 0.3) is 0 Å². The number of aliphatic carboxylic acids is 1. The number of ether oxygens (including phenoxy) is 2. The fraction of sp³-hybridized carbons (Fsp3) is 0.588. The lowest BCUT2D eigenvalue weighted by molar-refractivity contribution is -0.147. The fourth-order valence-electron chi connectivity index (χ4n) is 1.91. The summed E-state index contributed by atoms with van der Waals surface area (Å²) in [6.07, 6.45) is 0.566. The highest BCUT2D eigenvalue weighted by atomic mass is 79.9. The van der Waals surface area contributed by atoms with Gasteiger partial charge in [-0.1, -0.05) is 15.9 Å². The van der Waals surface area contributed by atoms with Crippen LogP contribution in [0.4, 0.5) is 0 Å². The summed E-state index contributed by atoms with van der Waals surface area (Å²) in [5.74, 6) is 0.0413. The van der Waals surface area contributed by atoms with Crippen molar-refractivity contribution in [1.82, 2.24) is 5.32 Å². The first-order valence-corrected chi connectivity index (χ1v) is 8.59. The number of hydrogen-bond acceptors (Lipinski definition) is 4. The van der Waals surface area contributed by atoms with Crippen LogP contribution in [0.3, 0.4) is 0 Å². The average molecular weight is 388 g/mol. The van der Waals surface area contributed by atoms with Crippen molar-refractivity contribution in [3.63, 3.8) is 0 Å². The number of benzene rings is 1. The quantitative estimate of drug-likeness (QED) is 0.569. The van der Waals surface area contributed by atoms with Crippen LogP contribution in [0.5, 0.6) is 5.75 Å². The van der Waals surface area contributed by atoms with E-state index in [0.717, 1.165) is 15.8 Å². The molecule has 5 nitrogen and oxygen atoms in total. The van der Waals surface area contributed by atoms with Gasteiger partial charge in [0.05, 0.1) is 12.0 Å². The predicted molar refractivity (Wildman–Crippen MR) is 93.9 cm³/mol. The third kappa shape index (κ3) is 7.33. The first-order chi connectivity index (χ1) is 10.9. The highest BCUT2D eigenvalue weighted by Gasteiger charge is 2.26. The second-order valence-corrected chi connectivity index (χ2v) is 6.83. The molecule has 0 aromatic heterocycles. The second-order valence-electron chi connectivity index (χ2n) is 5.91. The Morgan fingerprint density at radius 3 is 2.74 bits per heavy atom. The molecule has 0 atom stereocenters. The standard InChI is InChI=1S/C17H26BrNO4/c1-4-22-9-10-23-15-6-5-14(18)11-13(15)12-19-8-7-17(2,3)16(20)21/h5-6,11,19H,4,7-10,12H2,1-3H3,(H,20,21). The summed E-state index contributed by atoms with van der Waals surface area (Å²) in [7, 11) is 0. The summed E-state index contributed by atoms with van der Waals surface area (Å²) >= 11 is 3.46. The van der Waals surface area contributed by atoms with Crippen LogP contribution in [0.25, 0.3) is 0 Å². The molecule has 1 aromatic rings. The summed E-state index contributed by atoms with van der Waals surface area (Å²) in [5.41, 5.74) is 0.310. The SMILES string of the molecule is CCOCCOc1ccc(Br)cc1CNCCC(C)(C)C(=O)O. The normalized spacial score (nSPS) is 11.5. The summed E-state index contributed by atoms with van der Waals surface area (Å²) in [6, 6.07) is 5.87. The van der Waals surface area contributed by atoms with Crippen LogP contribution in [-0.2, 0) is 16.1 Å². The zero-order valence-corrected chi connectivity index (χ0v) is 15.6. The van der Waals surface area contributed by atoms with Gasteiger partial charge in [-0.2, -0.15) is 0 Å². The molecule has 1 rings (SSSR count). The number of carboxylic acids is 1. The number of carboxylic acid groups (broad SMARTS) is 1. The molecule has 0 saturated carbocycles. The third-order valence-corrected chi connectivity index (χ3v) is 4.03. The van der Waals surface area contributed by atoms with Gasteiger partial charge in [0.15, 0.2) is 0 Å². The van der Waals surface area contributed by atoms with Crippen molar-refractivity contribution in [3.8, 4) is 5.75 Å². The van der Waals surface area contributed by atoms with Gasteiger partial charge >= 0.3 is 5.97 Å². The first-order valence-electron chi connectivity index (χ1n) is 7.80. The van der Waals surface area contributed by atoms with E-state index in [4.69, 9.17) is 14.6 Å². The Balaban J connectivity index is 2.51. The van der Waals surface area contributed by atoms with Gasteiger partial charge in [0.2, 0.25) is 0 Å². The van der Waals surface area contributed by atoms with Gasteiger partial charge in [0.1, 0.15) is 12.4 Å². The zero-order chi connectivity index (χ0) is 17.3. The zero-order valence-electron chi connectivity index (χ0n) is 14.0. The van der Waals surface area contributed by atoms with Crippen molar-refractivity contribution in [3.05, 3.63) is 28.2 Å².